The van der Waals surface area contributed by atoms with Gasteiger partial charge in [-0.25, -0.2) is 0 Å². The normalized spacial score (nSPS) is 54.5. The molecule has 0 radical (unpaired) electrons. The minimum Gasteiger partial charge on any atom is -0.496 e. The Kier molecular flexibility index (Phi) is 1.31. The first-order valence-corrected chi connectivity index (χ1v) is 4.78. The van der Waals surface area contributed by atoms with Gasteiger partial charge in [0.15, 0.2) is 0 Å². The highest BCUT2D eigenvalue weighted by Gasteiger charge is 2.58. The second-order valence-electron chi connectivity index (χ2n) is 4.22. The van der Waals surface area contributed by atoms with Gasteiger partial charge in [0.25, 0.3) is 0 Å². The highest BCUT2D eigenvalue weighted by Crippen LogP contribution is 2.54. The Balaban J connectivity index is 1.85. The van der Waals surface area contributed by atoms with Gasteiger partial charge < -0.3 is 9.47 Å². The maximum absolute atomic E-state index is 5.72. The summed E-state index contributed by atoms with van der Waals surface area (Å²) < 4.78 is 11.2. The minimum atomic E-state index is 0.325. The molecule has 3 aliphatic rings. The standard InChI is InChI=1S/C10H14O2/c1-2-11-9-6-3-7-5-12-10(9)8(7)4-6/h2,6-10H,1,3-5H2. The van der Waals surface area contributed by atoms with Crippen molar-refractivity contribution in [2.24, 2.45) is 17.8 Å². The Morgan fingerprint density at radius 1 is 1.33 bits per heavy atom. The first kappa shape index (κ1) is 6.96. The molecule has 5 unspecified atom stereocenters. The van der Waals surface area contributed by atoms with Crippen molar-refractivity contribution in [3.63, 3.8) is 0 Å². The van der Waals surface area contributed by atoms with Crippen LogP contribution in [0, 0.1) is 17.8 Å². The van der Waals surface area contributed by atoms with Gasteiger partial charge in [0.05, 0.1) is 19.0 Å². The lowest BCUT2D eigenvalue weighted by atomic mass is 9.88. The van der Waals surface area contributed by atoms with Gasteiger partial charge in [-0.2, -0.15) is 0 Å². The lowest BCUT2D eigenvalue weighted by Crippen LogP contribution is -2.32. The van der Waals surface area contributed by atoms with Crippen LogP contribution >= 0.6 is 0 Å². The van der Waals surface area contributed by atoms with Crippen molar-refractivity contribution >= 4 is 0 Å². The van der Waals surface area contributed by atoms with Crippen LogP contribution in [0.2, 0.25) is 0 Å². The molecule has 0 aromatic heterocycles. The van der Waals surface area contributed by atoms with E-state index in [1.54, 1.807) is 6.26 Å². The molecule has 5 atom stereocenters. The van der Waals surface area contributed by atoms with E-state index in [1.807, 2.05) is 0 Å². The number of hydrogen-bond acceptors (Lipinski definition) is 2. The molecule has 2 aliphatic carbocycles. The summed E-state index contributed by atoms with van der Waals surface area (Å²) in [6, 6.07) is 0. The van der Waals surface area contributed by atoms with Crippen LogP contribution in [0.1, 0.15) is 12.8 Å². The van der Waals surface area contributed by atoms with Crippen LogP contribution in [0.3, 0.4) is 0 Å². The second kappa shape index (κ2) is 2.25. The zero-order valence-corrected chi connectivity index (χ0v) is 7.11. The van der Waals surface area contributed by atoms with Gasteiger partial charge in [0, 0.05) is 0 Å². The molecule has 1 saturated heterocycles. The average Bonchev–Trinajstić information content (AvgIpc) is 2.61. The summed E-state index contributed by atoms with van der Waals surface area (Å²) in [5, 5.41) is 0. The molecular formula is C10H14O2. The Morgan fingerprint density at radius 2 is 2.25 bits per heavy atom. The molecule has 2 nitrogen and oxygen atoms in total. The predicted molar refractivity (Wildman–Crippen MR) is 44.5 cm³/mol. The largest absolute Gasteiger partial charge is 0.496 e. The fourth-order valence-corrected chi connectivity index (χ4v) is 3.33. The Bertz CT molecular complexity index is 212. The quantitative estimate of drug-likeness (QED) is 0.580. The molecular weight excluding hydrogens is 152 g/mol. The number of fused-ring (bicyclic) bond motifs is 1. The van der Waals surface area contributed by atoms with E-state index in [0.29, 0.717) is 12.2 Å². The van der Waals surface area contributed by atoms with Gasteiger partial charge in [-0.1, -0.05) is 6.58 Å². The molecule has 0 aromatic carbocycles. The van der Waals surface area contributed by atoms with Crippen molar-refractivity contribution in [2.75, 3.05) is 6.61 Å². The Morgan fingerprint density at radius 3 is 3.08 bits per heavy atom. The minimum absolute atomic E-state index is 0.325. The number of rotatable bonds is 2. The molecule has 1 aliphatic heterocycles. The van der Waals surface area contributed by atoms with Crippen molar-refractivity contribution < 1.29 is 9.47 Å². The molecule has 66 valence electrons. The van der Waals surface area contributed by atoms with Crippen LogP contribution in [0.15, 0.2) is 12.8 Å². The first-order chi connectivity index (χ1) is 5.90. The molecule has 3 rings (SSSR count). The number of ether oxygens (including phenoxy) is 2. The zero-order valence-electron chi connectivity index (χ0n) is 7.11. The fourth-order valence-electron chi connectivity index (χ4n) is 3.33. The van der Waals surface area contributed by atoms with Crippen molar-refractivity contribution in [2.45, 2.75) is 25.0 Å². The summed E-state index contributed by atoms with van der Waals surface area (Å²) in [6.07, 6.45) is 4.94. The summed E-state index contributed by atoms with van der Waals surface area (Å²) >= 11 is 0. The Hall–Kier alpha value is -0.500. The molecule has 3 fully saturated rings. The highest BCUT2D eigenvalue weighted by molar-refractivity contribution is 5.06. The van der Waals surface area contributed by atoms with Crippen molar-refractivity contribution in [1.29, 1.82) is 0 Å². The van der Waals surface area contributed by atoms with Crippen molar-refractivity contribution in [1.82, 2.24) is 0 Å². The first-order valence-electron chi connectivity index (χ1n) is 4.78. The smallest absolute Gasteiger partial charge is 0.127 e. The van der Waals surface area contributed by atoms with E-state index in [0.717, 1.165) is 24.4 Å². The van der Waals surface area contributed by atoms with E-state index in [2.05, 4.69) is 6.58 Å². The van der Waals surface area contributed by atoms with E-state index in [-0.39, 0.29) is 0 Å². The van der Waals surface area contributed by atoms with Gasteiger partial charge >= 0.3 is 0 Å². The summed E-state index contributed by atoms with van der Waals surface area (Å²) in [7, 11) is 0. The topological polar surface area (TPSA) is 18.5 Å². The molecule has 0 N–H and O–H groups in total. The maximum Gasteiger partial charge on any atom is 0.127 e. The van der Waals surface area contributed by atoms with E-state index in [1.165, 1.54) is 12.8 Å². The molecule has 0 spiro atoms. The summed E-state index contributed by atoms with van der Waals surface area (Å²) in [5.74, 6) is 2.41. The van der Waals surface area contributed by atoms with Crippen molar-refractivity contribution in [3.05, 3.63) is 12.8 Å². The van der Waals surface area contributed by atoms with Crippen LogP contribution < -0.4 is 0 Å². The molecule has 0 aromatic rings. The van der Waals surface area contributed by atoms with Crippen molar-refractivity contribution in [3.8, 4) is 0 Å². The van der Waals surface area contributed by atoms with Gasteiger partial charge in [-0.15, -0.1) is 0 Å². The van der Waals surface area contributed by atoms with Gasteiger partial charge in [-0.3, -0.25) is 0 Å². The summed E-state index contributed by atoms with van der Waals surface area (Å²) in [5.41, 5.74) is 0. The lowest BCUT2D eigenvalue weighted by molar-refractivity contribution is -0.0166. The summed E-state index contributed by atoms with van der Waals surface area (Å²) in [4.78, 5) is 0. The van der Waals surface area contributed by atoms with Gasteiger partial charge in [0.1, 0.15) is 6.10 Å². The molecule has 2 heteroatoms. The molecule has 0 amide bonds. The van der Waals surface area contributed by atoms with Gasteiger partial charge in [-0.05, 0) is 30.6 Å². The van der Waals surface area contributed by atoms with E-state index in [4.69, 9.17) is 9.47 Å². The van der Waals surface area contributed by atoms with Crippen LogP contribution in [-0.2, 0) is 9.47 Å². The fraction of sp³-hybridized carbons (Fsp3) is 0.800. The Labute approximate surface area is 72.5 Å². The molecule has 2 bridgehead atoms. The third-order valence-corrected chi connectivity index (χ3v) is 3.75. The molecule has 12 heavy (non-hydrogen) atoms. The zero-order chi connectivity index (χ0) is 8.13. The molecule has 1 heterocycles. The maximum atomic E-state index is 5.72. The van der Waals surface area contributed by atoms with E-state index < -0.39 is 0 Å². The van der Waals surface area contributed by atoms with Crippen LogP contribution in [0.25, 0.3) is 0 Å². The molecule has 2 saturated carbocycles. The lowest BCUT2D eigenvalue weighted by Gasteiger charge is -2.25. The number of hydrogen-bond donors (Lipinski definition) is 0. The third kappa shape index (κ3) is 0.692. The third-order valence-electron chi connectivity index (χ3n) is 3.75. The van der Waals surface area contributed by atoms with Crippen LogP contribution in [0.4, 0.5) is 0 Å². The van der Waals surface area contributed by atoms with E-state index in [9.17, 15) is 0 Å². The van der Waals surface area contributed by atoms with Crippen LogP contribution in [0.5, 0.6) is 0 Å². The average molecular weight is 166 g/mol. The monoisotopic (exact) mass is 166 g/mol. The van der Waals surface area contributed by atoms with Crippen LogP contribution in [-0.4, -0.2) is 18.8 Å². The second-order valence-corrected chi connectivity index (χ2v) is 4.22. The predicted octanol–water partition coefficient (Wildman–Crippen LogP) is 1.57. The highest BCUT2D eigenvalue weighted by atomic mass is 16.5. The van der Waals surface area contributed by atoms with E-state index >= 15 is 0 Å². The summed E-state index contributed by atoms with van der Waals surface area (Å²) in [6.45, 7) is 4.59. The van der Waals surface area contributed by atoms with Gasteiger partial charge in [0.2, 0.25) is 0 Å². The SMILES string of the molecule is C=COC1C2CC3COC1C3C2.